The van der Waals surface area contributed by atoms with Crippen LogP contribution in [0.5, 0.6) is 0 Å². The van der Waals surface area contributed by atoms with E-state index in [9.17, 15) is 19.8 Å². The number of carboxylic acids is 2. The fourth-order valence-corrected chi connectivity index (χ4v) is 2.48. The zero-order valence-corrected chi connectivity index (χ0v) is 15.1. The van der Waals surface area contributed by atoms with E-state index in [1.165, 1.54) is 0 Å². The molecule has 142 valence electrons. The third-order valence-electron chi connectivity index (χ3n) is 4.20. The fourth-order valence-electron chi connectivity index (χ4n) is 2.48. The Morgan fingerprint density at radius 3 is 1.67 bits per heavy atom. The average Bonchev–Trinajstić information content (AvgIpc) is 2.53. The van der Waals surface area contributed by atoms with Crippen LogP contribution in [0.3, 0.4) is 0 Å². The van der Waals surface area contributed by atoms with Crippen molar-refractivity contribution >= 4 is 11.9 Å². The first-order chi connectivity index (χ1) is 11.5. The highest BCUT2D eigenvalue weighted by molar-refractivity contribution is 5.72. The Balaban J connectivity index is 4.57. The molecule has 0 aliphatic carbocycles. The van der Waals surface area contributed by atoms with E-state index in [0.29, 0.717) is 39.3 Å². The molecule has 0 heterocycles. The largest absolute Gasteiger partial charge is 0.550 e. The lowest BCUT2D eigenvalue weighted by atomic mass is 9.77. The summed E-state index contributed by atoms with van der Waals surface area (Å²) < 4.78 is 11.0. The van der Waals surface area contributed by atoms with Gasteiger partial charge >= 0.3 is 0 Å². The summed E-state index contributed by atoms with van der Waals surface area (Å²) in [5.74, 6) is -2.32. The molecule has 6 nitrogen and oxygen atoms in total. The van der Waals surface area contributed by atoms with Crippen LogP contribution in [-0.4, -0.2) is 38.4 Å². The molecule has 0 N–H and O–H groups in total. The van der Waals surface area contributed by atoms with Crippen LogP contribution in [0.25, 0.3) is 0 Å². The van der Waals surface area contributed by atoms with Crippen LogP contribution in [0.4, 0.5) is 0 Å². The van der Waals surface area contributed by atoms with Gasteiger partial charge in [0.05, 0.1) is 0 Å². The van der Waals surface area contributed by atoms with E-state index in [-0.39, 0.29) is 19.3 Å². The van der Waals surface area contributed by atoms with Crippen LogP contribution in [0, 0.1) is 5.41 Å². The van der Waals surface area contributed by atoms with Crippen molar-refractivity contribution in [2.75, 3.05) is 26.4 Å². The summed E-state index contributed by atoms with van der Waals surface area (Å²) in [7, 11) is 0. The molecule has 0 unspecified atom stereocenters. The van der Waals surface area contributed by atoms with E-state index in [4.69, 9.17) is 9.47 Å². The minimum atomic E-state index is -1.17. The second kappa shape index (κ2) is 14.2. The number of aliphatic carboxylic acids is 2. The second-order valence-corrected chi connectivity index (χ2v) is 6.23. The SMILES string of the molecule is CCCCOCCC(CCCC(=O)[O-])(CCOCCCC)C(=O)[O-]. The van der Waals surface area contributed by atoms with Gasteiger partial charge in [-0.15, -0.1) is 0 Å². The fraction of sp³-hybridized carbons (Fsp3) is 0.889. The Kier molecular flexibility index (Phi) is 13.5. The van der Waals surface area contributed by atoms with Crippen molar-refractivity contribution in [3.63, 3.8) is 0 Å². The molecular weight excluding hydrogens is 312 g/mol. The van der Waals surface area contributed by atoms with Gasteiger partial charge < -0.3 is 29.3 Å². The molecule has 6 heteroatoms. The molecule has 0 aliphatic heterocycles. The molecule has 0 aromatic heterocycles. The molecular formula is C18H32O6-2. The molecule has 0 aromatic rings. The van der Waals surface area contributed by atoms with Gasteiger partial charge in [-0.3, -0.25) is 0 Å². The molecule has 0 bridgehead atoms. The minimum Gasteiger partial charge on any atom is -0.550 e. The number of carbonyl (C=O) groups excluding carboxylic acids is 2. The van der Waals surface area contributed by atoms with Gasteiger partial charge in [0, 0.05) is 43.8 Å². The molecule has 0 atom stereocenters. The van der Waals surface area contributed by atoms with Crippen LogP contribution in [0.15, 0.2) is 0 Å². The number of unbranched alkanes of at least 4 members (excludes halogenated alkanes) is 2. The Morgan fingerprint density at radius 2 is 1.29 bits per heavy atom. The van der Waals surface area contributed by atoms with E-state index in [1.807, 2.05) is 0 Å². The number of carboxylic acid groups (broad SMARTS) is 2. The summed E-state index contributed by atoms with van der Waals surface area (Å²) in [5.41, 5.74) is -1.10. The van der Waals surface area contributed by atoms with Crippen LogP contribution >= 0.6 is 0 Å². The molecule has 0 radical (unpaired) electrons. The Morgan fingerprint density at radius 1 is 0.792 bits per heavy atom. The first-order valence-electron chi connectivity index (χ1n) is 9.05. The van der Waals surface area contributed by atoms with Crippen LogP contribution in [-0.2, 0) is 19.1 Å². The van der Waals surface area contributed by atoms with Crippen molar-refractivity contribution in [2.24, 2.45) is 5.41 Å². The summed E-state index contributed by atoms with van der Waals surface area (Å²) in [6.45, 7) is 5.98. The number of hydrogen-bond acceptors (Lipinski definition) is 6. The van der Waals surface area contributed by atoms with Crippen molar-refractivity contribution in [3.05, 3.63) is 0 Å². The van der Waals surface area contributed by atoms with E-state index >= 15 is 0 Å². The maximum Gasteiger partial charge on any atom is 0.0477 e. The third-order valence-corrected chi connectivity index (χ3v) is 4.20. The molecule has 0 aliphatic rings. The van der Waals surface area contributed by atoms with Gasteiger partial charge in [0.15, 0.2) is 0 Å². The first kappa shape index (κ1) is 22.9. The smallest absolute Gasteiger partial charge is 0.0477 e. The van der Waals surface area contributed by atoms with Crippen molar-refractivity contribution < 1.29 is 29.3 Å². The van der Waals surface area contributed by atoms with Crippen LogP contribution in [0.2, 0.25) is 0 Å². The van der Waals surface area contributed by atoms with Gasteiger partial charge in [-0.05, 0) is 44.9 Å². The molecule has 0 spiro atoms. The maximum absolute atomic E-state index is 11.8. The second-order valence-electron chi connectivity index (χ2n) is 6.23. The minimum absolute atomic E-state index is 0.150. The summed E-state index contributed by atoms with van der Waals surface area (Å²) >= 11 is 0. The predicted molar refractivity (Wildman–Crippen MR) is 87.0 cm³/mol. The Bertz CT molecular complexity index is 328. The summed E-state index contributed by atoms with van der Waals surface area (Å²) in [4.78, 5) is 22.3. The highest BCUT2D eigenvalue weighted by Gasteiger charge is 2.31. The van der Waals surface area contributed by atoms with E-state index in [0.717, 1.165) is 25.7 Å². The monoisotopic (exact) mass is 344 g/mol. The molecule has 0 saturated carbocycles. The number of ether oxygens (including phenoxy) is 2. The Hall–Kier alpha value is -1.14. The summed E-state index contributed by atoms with van der Waals surface area (Å²) in [5, 5.41) is 22.3. The quantitative estimate of drug-likeness (QED) is 0.366. The van der Waals surface area contributed by atoms with Crippen LogP contribution < -0.4 is 10.2 Å². The van der Waals surface area contributed by atoms with Gasteiger partial charge in [0.25, 0.3) is 0 Å². The topological polar surface area (TPSA) is 98.7 Å². The summed E-state index contributed by atoms with van der Waals surface area (Å²) in [6, 6.07) is 0. The van der Waals surface area contributed by atoms with E-state index < -0.39 is 17.4 Å². The lowest BCUT2D eigenvalue weighted by molar-refractivity contribution is -0.322. The lowest BCUT2D eigenvalue weighted by Gasteiger charge is -2.35. The van der Waals surface area contributed by atoms with Crippen molar-refractivity contribution in [1.82, 2.24) is 0 Å². The molecule has 0 rings (SSSR count). The van der Waals surface area contributed by atoms with Gasteiger partial charge in [-0.25, -0.2) is 0 Å². The van der Waals surface area contributed by atoms with Gasteiger partial charge in [0.1, 0.15) is 0 Å². The number of carbonyl (C=O) groups is 2. The Labute approximate surface area is 145 Å². The lowest BCUT2D eigenvalue weighted by Crippen LogP contribution is -2.44. The average molecular weight is 344 g/mol. The molecule has 24 heavy (non-hydrogen) atoms. The molecule has 0 aromatic carbocycles. The van der Waals surface area contributed by atoms with Gasteiger partial charge in [0.2, 0.25) is 0 Å². The van der Waals surface area contributed by atoms with E-state index in [2.05, 4.69) is 13.8 Å². The standard InChI is InChI=1S/C18H34O6/c1-3-5-12-23-14-10-18(17(21)22,9-7-8-16(19)20)11-15-24-13-6-4-2/h3-15H2,1-2H3,(H,19,20)(H,21,22)/p-2. The maximum atomic E-state index is 11.8. The first-order valence-corrected chi connectivity index (χ1v) is 9.05. The summed E-state index contributed by atoms with van der Waals surface area (Å²) in [6.07, 6.45) is 4.85. The molecule has 0 amide bonds. The normalized spacial score (nSPS) is 11.6. The third kappa shape index (κ3) is 10.6. The van der Waals surface area contributed by atoms with E-state index in [1.54, 1.807) is 0 Å². The van der Waals surface area contributed by atoms with Crippen molar-refractivity contribution in [2.45, 2.75) is 71.6 Å². The van der Waals surface area contributed by atoms with Gasteiger partial charge in [-0.2, -0.15) is 0 Å². The van der Waals surface area contributed by atoms with Crippen LogP contribution in [0.1, 0.15) is 71.6 Å². The number of hydrogen-bond donors (Lipinski definition) is 0. The van der Waals surface area contributed by atoms with Crippen molar-refractivity contribution in [3.8, 4) is 0 Å². The highest BCUT2D eigenvalue weighted by Crippen LogP contribution is 2.33. The molecule has 0 fully saturated rings. The zero-order valence-electron chi connectivity index (χ0n) is 15.1. The van der Waals surface area contributed by atoms with Crippen molar-refractivity contribution in [1.29, 1.82) is 0 Å². The van der Waals surface area contributed by atoms with Gasteiger partial charge in [-0.1, -0.05) is 26.7 Å². The predicted octanol–water partition coefficient (Wildman–Crippen LogP) is 1.06. The number of rotatable bonds is 17. The highest BCUT2D eigenvalue weighted by atomic mass is 16.5. The zero-order chi connectivity index (χ0) is 18.3. The molecule has 0 saturated heterocycles.